The number of hydrogen-bond acceptors (Lipinski definition) is 9. The molecule has 1 amide bonds. The van der Waals surface area contributed by atoms with E-state index in [9.17, 15) is 9.18 Å². The van der Waals surface area contributed by atoms with Crippen LogP contribution >= 0.6 is 0 Å². The highest BCUT2D eigenvalue weighted by Gasteiger charge is 2.29. The predicted octanol–water partition coefficient (Wildman–Crippen LogP) is 1.78. The molecule has 12 heteroatoms. The zero-order valence-electron chi connectivity index (χ0n) is 20.6. The Bertz CT molecular complexity index is 1230. The first kappa shape index (κ1) is 26.2. The molecule has 4 rings (SSSR count). The number of aromatic amines is 1. The van der Waals surface area contributed by atoms with Gasteiger partial charge in [0.05, 0.1) is 48.7 Å². The van der Waals surface area contributed by atoms with Gasteiger partial charge in [0.2, 0.25) is 5.91 Å². The molecule has 3 heterocycles. The fourth-order valence-electron chi connectivity index (χ4n) is 3.63. The van der Waals surface area contributed by atoms with E-state index in [1.165, 1.54) is 12.1 Å². The summed E-state index contributed by atoms with van der Waals surface area (Å²) in [5, 5.41) is 11.1. The maximum Gasteiger partial charge on any atom is 0.316 e. The van der Waals surface area contributed by atoms with Crippen molar-refractivity contribution < 1.29 is 23.4 Å². The molecule has 1 fully saturated rings. The monoisotopic (exact) mass is 509 g/mol. The standard InChI is InChI=1S/C25H28FN7O4/c1-33(2)11-12-35-25-29-9-7-19(30-25)23-22(16-3-5-18(26)6-4-16)31-20(32-23)13-21-36-14-17(15-37-21)24(34)28-10-8-27/h3-7,9,17,21H,10-15H2,1-2H3,(H,28,34)(H,31,32). The second-order valence-electron chi connectivity index (χ2n) is 8.66. The van der Waals surface area contributed by atoms with E-state index >= 15 is 0 Å². The van der Waals surface area contributed by atoms with Crippen LogP contribution in [0, 0.1) is 23.1 Å². The highest BCUT2D eigenvalue weighted by Crippen LogP contribution is 2.30. The first-order valence-corrected chi connectivity index (χ1v) is 11.8. The number of nitrogens with zero attached hydrogens (tertiary/aromatic N) is 5. The van der Waals surface area contributed by atoms with Crippen LogP contribution in [-0.4, -0.2) is 84.0 Å². The Balaban J connectivity index is 1.52. The van der Waals surface area contributed by atoms with Crippen LogP contribution in [-0.2, 0) is 20.7 Å². The number of H-pyrrole nitrogens is 1. The minimum absolute atomic E-state index is 0.0639. The molecule has 1 aliphatic heterocycles. The number of nitriles is 1. The van der Waals surface area contributed by atoms with Gasteiger partial charge in [0.15, 0.2) is 6.29 Å². The van der Waals surface area contributed by atoms with E-state index in [-0.39, 0.29) is 43.9 Å². The summed E-state index contributed by atoms with van der Waals surface area (Å²) < 4.78 is 30.7. The number of amides is 1. The van der Waals surface area contributed by atoms with Crippen molar-refractivity contribution in [2.24, 2.45) is 5.92 Å². The van der Waals surface area contributed by atoms with Crippen molar-refractivity contribution in [3.63, 3.8) is 0 Å². The Morgan fingerprint density at radius 2 is 2.00 bits per heavy atom. The van der Waals surface area contributed by atoms with Crippen molar-refractivity contribution in [3.05, 3.63) is 48.2 Å². The molecule has 0 bridgehead atoms. The van der Waals surface area contributed by atoms with Crippen molar-refractivity contribution in [2.45, 2.75) is 12.7 Å². The Hall–Kier alpha value is -3.92. The van der Waals surface area contributed by atoms with Crippen LogP contribution in [0.1, 0.15) is 5.82 Å². The number of ether oxygens (including phenoxy) is 3. The number of aromatic nitrogens is 4. The first-order chi connectivity index (χ1) is 17.9. The third-order valence-electron chi connectivity index (χ3n) is 5.57. The van der Waals surface area contributed by atoms with E-state index in [4.69, 9.17) is 24.5 Å². The van der Waals surface area contributed by atoms with Gasteiger partial charge in [-0.2, -0.15) is 10.2 Å². The largest absolute Gasteiger partial charge is 0.462 e. The predicted molar refractivity (Wildman–Crippen MR) is 131 cm³/mol. The van der Waals surface area contributed by atoms with Crippen molar-refractivity contribution in [3.8, 4) is 34.7 Å². The summed E-state index contributed by atoms with van der Waals surface area (Å²) in [5.41, 5.74) is 2.46. The molecule has 0 saturated carbocycles. The summed E-state index contributed by atoms with van der Waals surface area (Å²) in [6.45, 7) is 1.41. The Kier molecular flexibility index (Phi) is 8.73. The Morgan fingerprint density at radius 3 is 2.70 bits per heavy atom. The van der Waals surface area contributed by atoms with Gasteiger partial charge in [-0.05, 0) is 44.4 Å². The number of nitrogens with one attached hydrogen (secondary N) is 2. The molecule has 0 spiro atoms. The van der Waals surface area contributed by atoms with E-state index in [0.717, 1.165) is 0 Å². The van der Waals surface area contributed by atoms with Crippen LogP contribution in [0.3, 0.4) is 0 Å². The Labute approximate surface area is 213 Å². The van der Waals surface area contributed by atoms with Crippen molar-refractivity contribution in [2.75, 3.05) is 47.0 Å². The maximum absolute atomic E-state index is 13.6. The number of benzene rings is 1. The fourth-order valence-corrected chi connectivity index (χ4v) is 3.63. The molecule has 1 aromatic carbocycles. The number of hydrogen-bond donors (Lipinski definition) is 2. The average molecular weight is 510 g/mol. The van der Waals surface area contributed by atoms with Crippen LogP contribution in [0.15, 0.2) is 36.5 Å². The van der Waals surface area contributed by atoms with Gasteiger partial charge >= 0.3 is 6.01 Å². The molecule has 0 unspecified atom stereocenters. The van der Waals surface area contributed by atoms with Crippen LogP contribution in [0.2, 0.25) is 0 Å². The summed E-state index contributed by atoms with van der Waals surface area (Å²) >= 11 is 0. The summed E-state index contributed by atoms with van der Waals surface area (Å²) in [6.07, 6.45) is 1.28. The van der Waals surface area contributed by atoms with Gasteiger partial charge in [-0.25, -0.2) is 14.4 Å². The lowest BCUT2D eigenvalue weighted by atomic mass is 10.1. The number of likely N-dealkylation sites (N-methyl/N-ethyl adjacent to an activating group) is 1. The van der Waals surface area contributed by atoms with Gasteiger partial charge in [0.1, 0.15) is 24.8 Å². The molecule has 0 atom stereocenters. The average Bonchev–Trinajstić information content (AvgIpc) is 3.32. The first-order valence-electron chi connectivity index (χ1n) is 11.8. The quantitative estimate of drug-likeness (QED) is 0.392. The Morgan fingerprint density at radius 1 is 1.24 bits per heavy atom. The lowest BCUT2D eigenvalue weighted by Gasteiger charge is -2.28. The van der Waals surface area contributed by atoms with Crippen molar-refractivity contribution in [1.82, 2.24) is 30.2 Å². The number of imidazole rings is 1. The zero-order valence-corrected chi connectivity index (χ0v) is 20.6. The molecule has 3 aromatic rings. The number of carbonyl (C=O) groups is 1. The van der Waals surface area contributed by atoms with Gasteiger partial charge in [-0.3, -0.25) is 4.79 Å². The second kappa shape index (κ2) is 12.4. The van der Waals surface area contributed by atoms with Crippen LogP contribution < -0.4 is 10.1 Å². The minimum Gasteiger partial charge on any atom is -0.462 e. The van der Waals surface area contributed by atoms with Gasteiger partial charge in [-0.15, -0.1) is 0 Å². The van der Waals surface area contributed by atoms with E-state index < -0.39 is 12.2 Å². The molecule has 1 aliphatic rings. The molecular weight excluding hydrogens is 481 g/mol. The van der Waals surface area contributed by atoms with Crippen LogP contribution in [0.5, 0.6) is 6.01 Å². The molecule has 2 N–H and O–H groups in total. The lowest BCUT2D eigenvalue weighted by Crippen LogP contribution is -2.42. The fraction of sp³-hybridized carbons (Fsp3) is 0.400. The van der Waals surface area contributed by atoms with Gasteiger partial charge < -0.3 is 29.4 Å². The number of carbonyl (C=O) groups excluding carboxylic acids is 1. The molecule has 2 aromatic heterocycles. The molecule has 0 aliphatic carbocycles. The summed E-state index contributed by atoms with van der Waals surface area (Å²) in [6, 6.07) is 9.87. The zero-order chi connectivity index (χ0) is 26.2. The topological polar surface area (TPSA) is 138 Å². The lowest BCUT2D eigenvalue weighted by molar-refractivity contribution is -0.200. The summed E-state index contributed by atoms with van der Waals surface area (Å²) in [4.78, 5) is 30.8. The summed E-state index contributed by atoms with van der Waals surface area (Å²) in [7, 11) is 3.90. The van der Waals surface area contributed by atoms with Crippen LogP contribution in [0.4, 0.5) is 4.39 Å². The highest BCUT2D eigenvalue weighted by molar-refractivity contribution is 5.79. The van der Waals surface area contributed by atoms with Gasteiger partial charge in [0.25, 0.3) is 0 Å². The molecule has 37 heavy (non-hydrogen) atoms. The molecule has 11 nitrogen and oxygen atoms in total. The van der Waals surface area contributed by atoms with Crippen LogP contribution in [0.25, 0.3) is 22.6 Å². The van der Waals surface area contributed by atoms with E-state index in [1.54, 1.807) is 24.4 Å². The normalized spacial score (nSPS) is 17.4. The molecule has 0 radical (unpaired) electrons. The van der Waals surface area contributed by atoms with E-state index in [0.29, 0.717) is 41.6 Å². The third kappa shape index (κ3) is 7.07. The molecule has 1 saturated heterocycles. The SMILES string of the molecule is CN(C)CCOc1nccc(-c2[nH]c(CC3OCC(C(=O)NCC#N)CO3)nc2-c2ccc(F)cc2)n1. The van der Waals surface area contributed by atoms with Gasteiger partial charge in [-0.1, -0.05) is 0 Å². The summed E-state index contributed by atoms with van der Waals surface area (Å²) in [5.74, 6) is -0.554. The minimum atomic E-state index is -0.615. The maximum atomic E-state index is 13.6. The smallest absolute Gasteiger partial charge is 0.316 e. The van der Waals surface area contributed by atoms with Gasteiger partial charge in [0, 0.05) is 18.3 Å². The second-order valence-corrected chi connectivity index (χ2v) is 8.66. The molecular formula is C25H28FN7O4. The molecule has 194 valence electrons. The highest BCUT2D eigenvalue weighted by atomic mass is 19.1. The van der Waals surface area contributed by atoms with E-state index in [2.05, 4.69) is 20.3 Å². The van der Waals surface area contributed by atoms with Crippen molar-refractivity contribution >= 4 is 5.91 Å². The van der Waals surface area contributed by atoms with E-state index in [1.807, 2.05) is 25.1 Å². The third-order valence-corrected chi connectivity index (χ3v) is 5.57. The number of halogens is 1. The number of rotatable bonds is 10. The van der Waals surface area contributed by atoms with Crippen molar-refractivity contribution in [1.29, 1.82) is 5.26 Å².